The van der Waals surface area contributed by atoms with E-state index in [2.05, 4.69) is 38.1 Å². The van der Waals surface area contributed by atoms with Crippen LogP contribution in [0.25, 0.3) is 0 Å². The van der Waals surface area contributed by atoms with Crippen molar-refractivity contribution in [1.82, 2.24) is 10.3 Å². The zero-order chi connectivity index (χ0) is 11.1. The Morgan fingerprint density at radius 1 is 1.60 bits per heavy atom. The first kappa shape index (κ1) is 11.7. The van der Waals surface area contributed by atoms with Crippen molar-refractivity contribution in [3.8, 4) is 11.8 Å². The van der Waals surface area contributed by atoms with Crippen molar-refractivity contribution in [3.05, 3.63) is 28.5 Å². The van der Waals surface area contributed by atoms with Crippen LogP contribution in [0.15, 0.2) is 22.9 Å². The van der Waals surface area contributed by atoms with Gasteiger partial charge < -0.3 is 5.32 Å². The van der Waals surface area contributed by atoms with Crippen molar-refractivity contribution < 1.29 is 4.79 Å². The Morgan fingerprint density at radius 3 is 3.07 bits per heavy atom. The molecule has 0 spiro atoms. The van der Waals surface area contributed by atoms with Crippen LogP contribution in [0.5, 0.6) is 0 Å². The molecule has 0 saturated carbocycles. The monoisotopic (exact) mass is 266 g/mol. The van der Waals surface area contributed by atoms with E-state index in [1.807, 2.05) is 6.07 Å². The van der Waals surface area contributed by atoms with E-state index < -0.39 is 0 Å². The molecule has 1 aromatic heterocycles. The third-order valence-corrected chi connectivity index (χ3v) is 2.00. The number of pyridine rings is 1. The second kappa shape index (κ2) is 6.20. The molecule has 0 aliphatic carbocycles. The van der Waals surface area contributed by atoms with Crippen molar-refractivity contribution in [2.24, 2.45) is 0 Å². The number of nitrogens with zero attached hydrogens (tertiary/aromatic N) is 1. The van der Waals surface area contributed by atoms with E-state index in [9.17, 15) is 4.79 Å². The van der Waals surface area contributed by atoms with E-state index in [-0.39, 0.29) is 5.91 Å². The molecule has 0 unspecified atom stereocenters. The summed E-state index contributed by atoms with van der Waals surface area (Å²) < 4.78 is 0.913. The molecular weight excluding hydrogens is 256 g/mol. The number of carbonyl (C=O) groups is 1. The summed E-state index contributed by atoms with van der Waals surface area (Å²) >= 11 is 3.32. The molecule has 3 nitrogen and oxygen atoms in total. The molecule has 1 N–H and O–H groups in total. The van der Waals surface area contributed by atoms with E-state index in [0.29, 0.717) is 13.0 Å². The Labute approximate surface area is 97.4 Å². The van der Waals surface area contributed by atoms with Crippen molar-refractivity contribution in [2.75, 3.05) is 6.54 Å². The first-order valence-electron chi connectivity index (χ1n) is 4.52. The normalized spacial score (nSPS) is 8.93. The molecule has 1 amide bonds. The van der Waals surface area contributed by atoms with Crippen LogP contribution < -0.4 is 5.32 Å². The van der Waals surface area contributed by atoms with Gasteiger partial charge in [0.15, 0.2) is 0 Å². The van der Waals surface area contributed by atoms with E-state index in [1.165, 1.54) is 6.92 Å². The van der Waals surface area contributed by atoms with Gasteiger partial charge in [0.1, 0.15) is 0 Å². The minimum atomic E-state index is -0.0269. The Hall–Kier alpha value is -1.34. The maximum atomic E-state index is 10.5. The quantitative estimate of drug-likeness (QED) is 0.655. The van der Waals surface area contributed by atoms with Gasteiger partial charge in [-0.3, -0.25) is 9.78 Å². The van der Waals surface area contributed by atoms with E-state index in [0.717, 1.165) is 10.0 Å². The summed E-state index contributed by atoms with van der Waals surface area (Å²) in [6, 6.07) is 1.90. The van der Waals surface area contributed by atoms with Gasteiger partial charge in [0.2, 0.25) is 5.91 Å². The summed E-state index contributed by atoms with van der Waals surface area (Å²) in [6.07, 6.45) is 4.06. The predicted molar refractivity (Wildman–Crippen MR) is 62.1 cm³/mol. The molecule has 1 heterocycles. The Bertz CT molecular complexity index is 407. The highest BCUT2D eigenvalue weighted by molar-refractivity contribution is 9.10. The molecule has 15 heavy (non-hydrogen) atoms. The average Bonchev–Trinajstić information content (AvgIpc) is 2.17. The van der Waals surface area contributed by atoms with Crippen LogP contribution >= 0.6 is 15.9 Å². The first-order chi connectivity index (χ1) is 7.18. The Kier molecular flexibility index (Phi) is 4.85. The number of halogens is 1. The van der Waals surface area contributed by atoms with Crippen LogP contribution in [0, 0.1) is 11.8 Å². The minimum absolute atomic E-state index is 0.0269. The Morgan fingerprint density at radius 2 is 2.40 bits per heavy atom. The van der Waals surface area contributed by atoms with E-state index in [1.54, 1.807) is 12.4 Å². The third kappa shape index (κ3) is 5.18. The summed E-state index contributed by atoms with van der Waals surface area (Å²) in [7, 11) is 0. The van der Waals surface area contributed by atoms with Crippen LogP contribution in [0.3, 0.4) is 0 Å². The molecule has 0 saturated heterocycles. The number of rotatable bonds is 2. The maximum Gasteiger partial charge on any atom is 0.216 e. The lowest BCUT2D eigenvalue weighted by atomic mass is 10.3. The lowest BCUT2D eigenvalue weighted by molar-refractivity contribution is -0.118. The van der Waals surface area contributed by atoms with E-state index >= 15 is 0 Å². The molecule has 1 aromatic rings. The number of carbonyl (C=O) groups excluding carboxylic acids is 1. The molecule has 0 atom stereocenters. The standard InChI is InChI=1S/C11H11BrN2O/c1-9(15)14-5-3-2-4-10-6-11(12)8-13-7-10/h6-8H,3,5H2,1H3,(H,14,15). The van der Waals surface area contributed by atoms with Crippen molar-refractivity contribution in [2.45, 2.75) is 13.3 Å². The molecule has 0 bridgehead atoms. The molecule has 0 fully saturated rings. The molecular formula is C11H11BrN2O. The molecule has 0 radical (unpaired) electrons. The van der Waals surface area contributed by atoms with Crippen molar-refractivity contribution in [3.63, 3.8) is 0 Å². The summed E-state index contributed by atoms with van der Waals surface area (Å²) in [6.45, 7) is 2.08. The summed E-state index contributed by atoms with van der Waals surface area (Å²) in [5.41, 5.74) is 0.868. The van der Waals surface area contributed by atoms with Gasteiger partial charge in [-0.2, -0.15) is 0 Å². The van der Waals surface area contributed by atoms with Gasteiger partial charge in [0.05, 0.1) is 0 Å². The fourth-order valence-corrected chi connectivity index (χ4v) is 1.31. The van der Waals surface area contributed by atoms with Crippen LogP contribution in [0.1, 0.15) is 18.9 Å². The van der Waals surface area contributed by atoms with Crippen LogP contribution in [-0.4, -0.2) is 17.4 Å². The van der Waals surface area contributed by atoms with Gasteiger partial charge in [-0.05, 0) is 22.0 Å². The lowest BCUT2D eigenvalue weighted by Gasteiger charge is -1.94. The van der Waals surface area contributed by atoms with Crippen molar-refractivity contribution in [1.29, 1.82) is 0 Å². The highest BCUT2D eigenvalue weighted by Gasteiger charge is 1.89. The SMILES string of the molecule is CC(=O)NCCC#Cc1cncc(Br)c1. The molecule has 78 valence electrons. The van der Waals surface area contributed by atoms with Gasteiger partial charge in [-0.15, -0.1) is 0 Å². The molecule has 0 aromatic carbocycles. The van der Waals surface area contributed by atoms with Crippen LogP contribution in [0.2, 0.25) is 0 Å². The molecule has 4 heteroatoms. The second-order valence-electron chi connectivity index (χ2n) is 2.93. The fourth-order valence-electron chi connectivity index (χ4n) is 0.946. The third-order valence-electron chi connectivity index (χ3n) is 1.56. The summed E-state index contributed by atoms with van der Waals surface area (Å²) in [4.78, 5) is 14.5. The summed E-state index contributed by atoms with van der Waals surface area (Å²) in [5, 5.41) is 2.68. The average molecular weight is 267 g/mol. The molecule has 1 rings (SSSR count). The van der Waals surface area contributed by atoms with Crippen molar-refractivity contribution >= 4 is 21.8 Å². The summed E-state index contributed by atoms with van der Waals surface area (Å²) in [5.74, 6) is 5.90. The zero-order valence-corrected chi connectivity index (χ0v) is 9.97. The lowest BCUT2D eigenvalue weighted by Crippen LogP contribution is -2.20. The highest BCUT2D eigenvalue weighted by atomic mass is 79.9. The second-order valence-corrected chi connectivity index (χ2v) is 3.84. The van der Waals surface area contributed by atoms with Gasteiger partial charge in [-0.25, -0.2) is 0 Å². The van der Waals surface area contributed by atoms with Gasteiger partial charge in [0.25, 0.3) is 0 Å². The largest absolute Gasteiger partial charge is 0.355 e. The van der Waals surface area contributed by atoms with E-state index in [4.69, 9.17) is 0 Å². The van der Waals surface area contributed by atoms with Gasteiger partial charge >= 0.3 is 0 Å². The topological polar surface area (TPSA) is 42.0 Å². The number of amides is 1. The fraction of sp³-hybridized carbons (Fsp3) is 0.273. The minimum Gasteiger partial charge on any atom is -0.355 e. The molecule has 0 aliphatic rings. The predicted octanol–water partition coefficient (Wildman–Crippen LogP) is 1.72. The van der Waals surface area contributed by atoms with Crippen LogP contribution in [0.4, 0.5) is 0 Å². The first-order valence-corrected chi connectivity index (χ1v) is 5.31. The zero-order valence-electron chi connectivity index (χ0n) is 8.38. The van der Waals surface area contributed by atoms with Crippen LogP contribution in [-0.2, 0) is 4.79 Å². The highest BCUT2D eigenvalue weighted by Crippen LogP contribution is 2.08. The number of hydrogen-bond donors (Lipinski definition) is 1. The maximum absolute atomic E-state index is 10.5. The van der Waals surface area contributed by atoms with Gasteiger partial charge in [0, 0.05) is 42.3 Å². The Balaban J connectivity index is 2.41. The number of aromatic nitrogens is 1. The number of hydrogen-bond acceptors (Lipinski definition) is 2. The smallest absolute Gasteiger partial charge is 0.216 e. The van der Waals surface area contributed by atoms with Gasteiger partial charge in [-0.1, -0.05) is 11.8 Å². The number of nitrogens with one attached hydrogen (secondary N) is 1. The molecule has 0 aliphatic heterocycles.